The Balaban J connectivity index is 2.33. The second-order valence-electron chi connectivity index (χ2n) is 4.19. The number of hydrogen-bond acceptors (Lipinski definition) is 3. The second-order valence-corrected chi connectivity index (χ2v) is 4.58. The number of pyridine rings is 1. The molecular weight excluding hydrogens is 262 g/mol. The van der Waals surface area contributed by atoms with Gasteiger partial charge in [-0.1, -0.05) is 23.7 Å². The average molecular weight is 274 g/mol. The van der Waals surface area contributed by atoms with Crippen molar-refractivity contribution in [3.8, 4) is 11.4 Å². The summed E-state index contributed by atoms with van der Waals surface area (Å²) in [6.07, 6.45) is 1.74. The monoisotopic (exact) mass is 273 g/mol. The Labute approximate surface area is 115 Å². The van der Waals surface area contributed by atoms with Crippen molar-refractivity contribution in [2.45, 2.75) is 6.92 Å². The highest BCUT2D eigenvalue weighted by Crippen LogP contribution is 2.28. The van der Waals surface area contributed by atoms with Crippen LogP contribution in [0.25, 0.3) is 16.6 Å². The van der Waals surface area contributed by atoms with Crippen molar-refractivity contribution in [2.75, 3.05) is 7.11 Å². The Bertz CT molecular complexity index is 752. The largest absolute Gasteiger partial charge is 0.494 e. The number of hydrogen-bond donors (Lipinski definition) is 0. The Morgan fingerprint density at radius 3 is 2.84 bits per heavy atom. The number of methoxy groups -OCH3 is 1. The summed E-state index contributed by atoms with van der Waals surface area (Å²) in [5.41, 5.74) is 2.71. The molecule has 0 saturated heterocycles. The molecule has 0 fully saturated rings. The Morgan fingerprint density at radius 2 is 2.05 bits per heavy atom. The molecular formula is C14H12ClN3O. The molecule has 0 aliphatic rings. The molecule has 0 aliphatic heterocycles. The summed E-state index contributed by atoms with van der Waals surface area (Å²) in [7, 11) is 1.64. The van der Waals surface area contributed by atoms with E-state index < -0.39 is 0 Å². The molecule has 3 aromatic rings. The third-order valence-corrected chi connectivity index (χ3v) is 3.24. The smallest absolute Gasteiger partial charge is 0.144 e. The van der Waals surface area contributed by atoms with E-state index in [0.717, 1.165) is 28.0 Å². The minimum atomic E-state index is 0.448. The zero-order valence-corrected chi connectivity index (χ0v) is 11.3. The molecule has 0 N–H and O–H groups in total. The number of benzene rings is 1. The fraction of sp³-hybridized carbons (Fsp3) is 0.143. The van der Waals surface area contributed by atoms with Crippen molar-refractivity contribution in [1.82, 2.24) is 14.8 Å². The van der Waals surface area contributed by atoms with E-state index in [0.29, 0.717) is 5.15 Å². The average Bonchev–Trinajstić information content (AvgIpc) is 2.75. The molecule has 2 aromatic heterocycles. The van der Waals surface area contributed by atoms with Crippen molar-refractivity contribution >= 4 is 22.5 Å². The normalized spacial score (nSPS) is 10.9. The molecule has 0 amide bonds. The predicted molar refractivity (Wildman–Crippen MR) is 75.2 cm³/mol. The van der Waals surface area contributed by atoms with Crippen LogP contribution in [0.15, 0.2) is 36.5 Å². The SMILES string of the molecule is COc1ccccc1-n1nc(C)c2cnc(Cl)cc21. The van der Waals surface area contributed by atoms with E-state index in [-0.39, 0.29) is 0 Å². The summed E-state index contributed by atoms with van der Waals surface area (Å²) in [5, 5.41) is 5.98. The summed E-state index contributed by atoms with van der Waals surface area (Å²) < 4.78 is 7.21. The number of ether oxygens (including phenoxy) is 1. The third kappa shape index (κ3) is 1.94. The van der Waals surface area contributed by atoms with Crippen molar-refractivity contribution < 1.29 is 4.74 Å². The first-order chi connectivity index (χ1) is 9.20. The number of aryl methyl sites for hydroxylation is 1. The van der Waals surface area contributed by atoms with Gasteiger partial charge in [-0.05, 0) is 19.1 Å². The van der Waals surface area contributed by atoms with Crippen LogP contribution in [-0.4, -0.2) is 21.9 Å². The first kappa shape index (κ1) is 12.0. The molecule has 0 atom stereocenters. The van der Waals surface area contributed by atoms with E-state index in [9.17, 15) is 0 Å². The zero-order chi connectivity index (χ0) is 13.4. The van der Waals surface area contributed by atoms with Gasteiger partial charge < -0.3 is 4.74 Å². The van der Waals surface area contributed by atoms with E-state index in [1.807, 2.05) is 41.9 Å². The van der Waals surface area contributed by atoms with Gasteiger partial charge in [-0.25, -0.2) is 9.67 Å². The fourth-order valence-electron chi connectivity index (χ4n) is 2.12. The minimum absolute atomic E-state index is 0.448. The van der Waals surface area contributed by atoms with Crippen LogP contribution in [0.2, 0.25) is 5.15 Å². The van der Waals surface area contributed by atoms with Crippen molar-refractivity contribution in [1.29, 1.82) is 0 Å². The van der Waals surface area contributed by atoms with Gasteiger partial charge >= 0.3 is 0 Å². The maximum atomic E-state index is 5.98. The summed E-state index contributed by atoms with van der Waals surface area (Å²) >= 11 is 5.98. The Kier molecular flexibility index (Phi) is 2.87. The molecule has 0 unspecified atom stereocenters. The van der Waals surface area contributed by atoms with E-state index in [4.69, 9.17) is 16.3 Å². The van der Waals surface area contributed by atoms with E-state index in [1.54, 1.807) is 13.3 Å². The van der Waals surface area contributed by atoms with Gasteiger partial charge in [0.1, 0.15) is 16.6 Å². The molecule has 4 nitrogen and oxygen atoms in total. The first-order valence-corrected chi connectivity index (χ1v) is 6.23. The highest BCUT2D eigenvalue weighted by atomic mass is 35.5. The number of fused-ring (bicyclic) bond motifs is 1. The quantitative estimate of drug-likeness (QED) is 0.672. The fourth-order valence-corrected chi connectivity index (χ4v) is 2.27. The summed E-state index contributed by atoms with van der Waals surface area (Å²) in [6.45, 7) is 1.95. The van der Waals surface area contributed by atoms with Gasteiger partial charge in [0.15, 0.2) is 0 Å². The van der Waals surface area contributed by atoms with Crippen molar-refractivity contribution in [3.05, 3.63) is 47.4 Å². The van der Waals surface area contributed by atoms with Crippen LogP contribution in [0.1, 0.15) is 5.69 Å². The molecule has 3 rings (SSSR count). The van der Waals surface area contributed by atoms with Crippen molar-refractivity contribution in [2.24, 2.45) is 0 Å². The Morgan fingerprint density at radius 1 is 1.26 bits per heavy atom. The Hall–Kier alpha value is -2.07. The molecule has 0 saturated carbocycles. The van der Waals surface area contributed by atoms with Gasteiger partial charge in [0, 0.05) is 17.6 Å². The number of rotatable bonds is 2. The van der Waals surface area contributed by atoms with Gasteiger partial charge in [0.25, 0.3) is 0 Å². The minimum Gasteiger partial charge on any atom is -0.494 e. The molecule has 1 aromatic carbocycles. The van der Waals surface area contributed by atoms with E-state index in [2.05, 4.69) is 10.1 Å². The summed E-state index contributed by atoms with van der Waals surface area (Å²) in [4.78, 5) is 4.10. The maximum absolute atomic E-state index is 5.98. The molecule has 0 bridgehead atoms. The van der Waals surface area contributed by atoms with Crippen LogP contribution in [0.5, 0.6) is 5.75 Å². The molecule has 0 radical (unpaired) electrons. The van der Waals surface area contributed by atoms with Crippen molar-refractivity contribution in [3.63, 3.8) is 0 Å². The molecule has 0 spiro atoms. The number of halogens is 1. The van der Waals surface area contributed by atoms with Gasteiger partial charge in [0.05, 0.1) is 18.3 Å². The lowest BCUT2D eigenvalue weighted by atomic mass is 10.2. The summed E-state index contributed by atoms with van der Waals surface area (Å²) in [6, 6.07) is 9.54. The maximum Gasteiger partial charge on any atom is 0.144 e. The summed E-state index contributed by atoms with van der Waals surface area (Å²) in [5.74, 6) is 0.764. The molecule has 19 heavy (non-hydrogen) atoms. The van der Waals surface area contributed by atoms with Gasteiger partial charge in [-0.2, -0.15) is 5.10 Å². The lowest BCUT2D eigenvalue weighted by molar-refractivity contribution is 0.412. The number of aromatic nitrogens is 3. The second kappa shape index (κ2) is 4.55. The standard InChI is InChI=1S/C14H12ClN3O/c1-9-10-8-16-14(15)7-12(10)18(17-9)11-5-3-4-6-13(11)19-2/h3-8H,1-2H3. The van der Waals surface area contributed by atoms with Crippen LogP contribution in [0, 0.1) is 6.92 Å². The molecule has 96 valence electrons. The van der Waals surface area contributed by atoms with Crippen LogP contribution in [0.3, 0.4) is 0 Å². The molecule has 5 heteroatoms. The van der Waals surface area contributed by atoms with E-state index in [1.165, 1.54) is 0 Å². The lowest BCUT2D eigenvalue weighted by Crippen LogP contribution is -1.99. The number of nitrogens with zero attached hydrogens (tertiary/aromatic N) is 3. The van der Waals surface area contributed by atoms with Gasteiger partial charge in [-0.15, -0.1) is 0 Å². The van der Waals surface area contributed by atoms with Crippen LogP contribution < -0.4 is 4.74 Å². The molecule has 0 aliphatic carbocycles. The lowest BCUT2D eigenvalue weighted by Gasteiger charge is -2.08. The zero-order valence-electron chi connectivity index (χ0n) is 10.6. The predicted octanol–water partition coefficient (Wildman–Crippen LogP) is 3.39. The first-order valence-electron chi connectivity index (χ1n) is 5.85. The third-order valence-electron chi connectivity index (χ3n) is 3.03. The van der Waals surface area contributed by atoms with Crippen LogP contribution in [0.4, 0.5) is 0 Å². The van der Waals surface area contributed by atoms with E-state index >= 15 is 0 Å². The highest BCUT2D eigenvalue weighted by Gasteiger charge is 2.12. The van der Waals surface area contributed by atoms with Gasteiger partial charge in [0.2, 0.25) is 0 Å². The highest BCUT2D eigenvalue weighted by molar-refractivity contribution is 6.30. The van der Waals surface area contributed by atoms with Gasteiger partial charge in [-0.3, -0.25) is 0 Å². The number of para-hydroxylation sites is 2. The topological polar surface area (TPSA) is 39.9 Å². The molecule has 2 heterocycles. The van der Waals surface area contributed by atoms with Crippen LogP contribution >= 0.6 is 11.6 Å². The van der Waals surface area contributed by atoms with Crippen LogP contribution in [-0.2, 0) is 0 Å².